The summed E-state index contributed by atoms with van der Waals surface area (Å²) in [6, 6.07) is 12.7. The molecule has 0 radical (unpaired) electrons. The van der Waals surface area contributed by atoms with E-state index in [1.165, 1.54) is 5.56 Å². The molecule has 2 aromatic rings. The zero-order valence-electron chi connectivity index (χ0n) is 9.93. The molecule has 16 heavy (non-hydrogen) atoms. The summed E-state index contributed by atoms with van der Waals surface area (Å²) in [6.07, 6.45) is 3.18. The standard InChI is InChI=1S/C14H18N2/c1-12(14-6-4-3-5-7-14)8-10-16-11-9-13(2)15-16/h3-7,9,11-12H,8,10H2,1-2H3. The number of aromatic nitrogens is 2. The predicted molar refractivity (Wildman–Crippen MR) is 66.4 cm³/mol. The monoisotopic (exact) mass is 214 g/mol. The lowest BCUT2D eigenvalue weighted by molar-refractivity contribution is 0.531. The van der Waals surface area contributed by atoms with Crippen molar-refractivity contribution < 1.29 is 0 Å². The Labute approximate surface area is 96.9 Å². The quantitative estimate of drug-likeness (QED) is 0.763. The summed E-state index contributed by atoms with van der Waals surface area (Å²) in [6.45, 7) is 5.28. The molecule has 1 aromatic carbocycles. The van der Waals surface area contributed by atoms with Crippen LogP contribution in [0, 0.1) is 6.92 Å². The number of hydrogen-bond acceptors (Lipinski definition) is 1. The van der Waals surface area contributed by atoms with Crippen molar-refractivity contribution in [3.63, 3.8) is 0 Å². The first kappa shape index (κ1) is 10.9. The van der Waals surface area contributed by atoms with Gasteiger partial charge in [0, 0.05) is 12.7 Å². The number of benzene rings is 1. The molecule has 0 aliphatic carbocycles. The lowest BCUT2D eigenvalue weighted by Gasteiger charge is -2.11. The highest BCUT2D eigenvalue weighted by molar-refractivity contribution is 5.18. The minimum absolute atomic E-state index is 0.589. The van der Waals surface area contributed by atoms with E-state index in [1.54, 1.807) is 0 Å². The van der Waals surface area contributed by atoms with Gasteiger partial charge in [-0.15, -0.1) is 0 Å². The van der Waals surface area contributed by atoms with Crippen molar-refractivity contribution in [2.75, 3.05) is 0 Å². The largest absolute Gasteiger partial charge is 0.272 e. The first-order chi connectivity index (χ1) is 7.75. The molecule has 2 heteroatoms. The summed E-state index contributed by atoms with van der Waals surface area (Å²) in [4.78, 5) is 0. The molecule has 0 saturated carbocycles. The molecule has 1 unspecified atom stereocenters. The first-order valence-electron chi connectivity index (χ1n) is 5.80. The van der Waals surface area contributed by atoms with Crippen LogP contribution in [-0.2, 0) is 6.54 Å². The van der Waals surface area contributed by atoms with Gasteiger partial charge in [0.05, 0.1) is 5.69 Å². The fourth-order valence-electron chi connectivity index (χ4n) is 1.86. The van der Waals surface area contributed by atoms with Crippen LogP contribution in [0.2, 0.25) is 0 Å². The summed E-state index contributed by atoms with van der Waals surface area (Å²) in [5.74, 6) is 0.589. The van der Waals surface area contributed by atoms with E-state index in [2.05, 4.69) is 42.4 Å². The Morgan fingerprint density at radius 3 is 2.56 bits per heavy atom. The van der Waals surface area contributed by atoms with E-state index in [-0.39, 0.29) is 0 Å². The number of nitrogens with zero attached hydrogens (tertiary/aromatic N) is 2. The Kier molecular flexibility index (Phi) is 3.40. The SMILES string of the molecule is Cc1ccn(CCC(C)c2ccccc2)n1. The molecule has 2 rings (SSSR count). The Hall–Kier alpha value is -1.57. The fourth-order valence-corrected chi connectivity index (χ4v) is 1.86. The smallest absolute Gasteiger partial charge is 0.0593 e. The summed E-state index contributed by atoms with van der Waals surface area (Å²) in [5, 5.41) is 4.39. The van der Waals surface area contributed by atoms with E-state index in [9.17, 15) is 0 Å². The van der Waals surface area contributed by atoms with Crippen molar-refractivity contribution in [3.05, 3.63) is 53.9 Å². The van der Waals surface area contributed by atoms with E-state index in [0.29, 0.717) is 5.92 Å². The second-order valence-electron chi connectivity index (χ2n) is 4.32. The van der Waals surface area contributed by atoms with Gasteiger partial charge >= 0.3 is 0 Å². The maximum atomic E-state index is 4.39. The molecule has 0 amide bonds. The van der Waals surface area contributed by atoms with Gasteiger partial charge in [-0.2, -0.15) is 5.10 Å². The third kappa shape index (κ3) is 2.72. The van der Waals surface area contributed by atoms with Crippen LogP contribution in [0.15, 0.2) is 42.6 Å². The minimum atomic E-state index is 0.589. The van der Waals surface area contributed by atoms with Crippen LogP contribution >= 0.6 is 0 Å². The molecular weight excluding hydrogens is 196 g/mol. The molecule has 1 aromatic heterocycles. The van der Waals surface area contributed by atoms with E-state index in [0.717, 1.165) is 18.7 Å². The van der Waals surface area contributed by atoms with Gasteiger partial charge < -0.3 is 0 Å². The van der Waals surface area contributed by atoms with Gasteiger partial charge in [-0.1, -0.05) is 37.3 Å². The molecule has 1 atom stereocenters. The molecule has 0 bridgehead atoms. The van der Waals surface area contributed by atoms with Crippen molar-refractivity contribution in [2.45, 2.75) is 32.7 Å². The first-order valence-corrected chi connectivity index (χ1v) is 5.80. The molecule has 0 aliphatic rings. The lowest BCUT2D eigenvalue weighted by Crippen LogP contribution is -2.03. The Bertz CT molecular complexity index is 431. The second-order valence-corrected chi connectivity index (χ2v) is 4.32. The zero-order chi connectivity index (χ0) is 11.4. The van der Waals surface area contributed by atoms with Crippen LogP contribution in [0.4, 0.5) is 0 Å². The maximum Gasteiger partial charge on any atom is 0.0593 e. The highest BCUT2D eigenvalue weighted by atomic mass is 15.3. The van der Waals surface area contributed by atoms with Crippen molar-refractivity contribution in [1.82, 2.24) is 9.78 Å². The fraction of sp³-hybridized carbons (Fsp3) is 0.357. The van der Waals surface area contributed by atoms with Gasteiger partial charge in [0.15, 0.2) is 0 Å². The average molecular weight is 214 g/mol. The van der Waals surface area contributed by atoms with Gasteiger partial charge in [-0.25, -0.2) is 0 Å². The van der Waals surface area contributed by atoms with E-state index in [4.69, 9.17) is 0 Å². The normalized spacial score (nSPS) is 12.6. The molecule has 0 spiro atoms. The number of hydrogen-bond donors (Lipinski definition) is 0. The minimum Gasteiger partial charge on any atom is -0.272 e. The predicted octanol–water partition coefficient (Wildman–Crippen LogP) is 3.39. The van der Waals surface area contributed by atoms with Gasteiger partial charge in [0.25, 0.3) is 0 Å². The summed E-state index contributed by atoms with van der Waals surface area (Å²) < 4.78 is 2.02. The van der Waals surface area contributed by atoms with E-state index in [1.807, 2.05) is 23.9 Å². The summed E-state index contributed by atoms with van der Waals surface area (Å²) in [5.41, 5.74) is 2.50. The summed E-state index contributed by atoms with van der Waals surface area (Å²) in [7, 11) is 0. The molecule has 1 heterocycles. The topological polar surface area (TPSA) is 17.8 Å². The van der Waals surface area contributed by atoms with Gasteiger partial charge in [-0.05, 0) is 30.9 Å². The van der Waals surface area contributed by atoms with Crippen LogP contribution < -0.4 is 0 Å². The van der Waals surface area contributed by atoms with Crippen LogP contribution in [0.1, 0.15) is 30.5 Å². The van der Waals surface area contributed by atoms with E-state index < -0.39 is 0 Å². The Balaban J connectivity index is 1.91. The molecule has 0 fully saturated rings. The number of rotatable bonds is 4. The van der Waals surface area contributed by atoms with Crippen molar-refractivity contribution in [3.8, 4) is 0 Å². The van der Waals surface area contributed by atoms with Crippen molar-refractivity contribution in [1.29, 1.82) is 0 Å². The highest BCUT2D eigenvalue weighted by Crippen LogP contribution is 2.18. The zero-order valence-corrected chi connectivity index (χ0v) is 9.93. The van der Waals surface area contributed by atoms with Crippen molar-refractivity contribution >= 4 is 0 Å². The molecule has 0 saturated heterocycles. The molecule has 2 nitrogen and oxygen atoms in total. The van der Waals surface area contributed by atoms with Crippen molar-refractivity contribution in [2.24, 2.45) is 0 Å². The Morgan fingerprint density at radius 2 is 1.94 bits per heavy atom. The average Bonchev–Trinajstić information content (AvgIpc) is 2.73. The van der Waals surface area contributed by atoms with Gasteiger partial charge in [-0.3, -0.25) is 4.68 Å². The van der Waals surface area contributed by atoms with E-state index >= 15 is 0 Å². The lowest BCUT2D eigenvalue weighted by atomic mass is 9.98. The second kappa shape index (κ2) is 4.97. The summed E-state index contributed by atoms with van der Waals surface area (Å²) >= 11 is 0. The molecule has 0 aliphatic heterocycles. The van der Waals surface area contributed by atoms with Gasteiger partial charge in [0.2, 0.25) is 0 Å². The Morgan fingerprint density at radius 1 is 1.19 bits per heavy atom. The van der Waals surface area contributed by atoms with Crippen LogP contribution in [0.5, 0.6) is 0 Å². The maximum absolute atomic E-state index is 4.39. The molecule has 0 N–H and O–H groups in total. The third-order valence-electron chi connectivity index (χ3n) is 2.93. The third-order valence-corrected chi connectivity index (χ3v) is 2.93. The molecular formula is C14H18N2. The number of aryl methyl sites for hydroxylation is 2. The van der Waals surface area contributed by atoms with Crippen LogP contribution in [0.25, 0.3) is 0 Å². The molecule has 84 valence electrons. The highest BCUT2D eigenvalue weighted by Gasteiger charge is 2.05. The van der Waals surface area contributed by atoms with Gasteiger partial charge in [0.1, 0.15) is 0 Å². The van der Waals surface area contributed by atoms with Crippen LogP contribution in [-0.4, -0.2) is 9.78 Å². The van der Waals surface area contributed by atoms with Crippen LogP contribution in [0.3, 0.4) is 0 Å².